The number of benzene rings is 2. The monoisotopic (exact) mass is 328 g/mol. The summed E-state index contributed by atoms with van der Waals surface area (Å²) in [4.78, 5) is 0. The van der Waals surface area contributed by atoms with Gasteiger partial charge in [-0.15, -0.1) is 5.10 Å². The first-order valence-corrected chi connectivity index (χ1v) is 9.38. The second-order valence-corrected chi connectivity index (χ2v) is 8.01. The molecule has 118 valence electrons. The Kier molecular flexibility index (Phi) is 3.37. The van der Waals surface area contributed by atoms with Crippen LogP contribution in [0.5, 0.6) is 0 Å². The standard InChI is InChI=1S/C16H16N4O2S/c21-23(22,11-16-17-18-19-20(16)14-8-9-14)10-13-6-3-5-12-4-1-2-7-15(12)13/h1-7,14H,8-11H2. The van der Waals surface area contributed by atoms with Gasteiger partial charge in [-0.3, -0.25) is 0 Å². The van der Waals surface area contributed by atoms with E-state index in [-0.39, 0.29) is 17.5 Å². The summed E-state index contributed by atoms with van der Waals surface area (Å²) < 4.78 is 26.8. The van der Waals surface area contributed by atoms with Crippen molar-refractivity contribution in [2.24, 2.45) is 0 Å². The van der Waals surface area contributed by atoms with Crippen LogP contribution in [0, 0.1) is 0 Å². The normalized spacial score (nSPS) is 15.1. The quantitative estimate of drug-likeness (QED) is 0.718. The van der Waals surface area contributed by atoms with Crippen molar-refractivity contribution in [3.05, 3.63) is 53.9 Å². The molecule has 0 amide bonds. The van der Waals surface area contributed by atoms with Crippen LogP contribution in [-0.2, 0) is 21.3 Å². The van der Waals surface area contributed by atoms with Gasteiger partial charge in [0.25, 0.3) is 0 Å². The molecular formula is C16H16N4O2S. The Morgan fingerprint density at radius 3 is 2.65 bits per heavy atom. The Balaban J connectivity index is 1.62. The third-order valence-corrected chi connectivity index (χ3v) is 5.51. The van der Waals surface area contributed by atoms with Crippen LogP contribution in [0.25, 0.3) is 10.8 Å². The van der Waals surface area contributed by atoms with E-state index < -0.39 is 9.84 Å². The number of fused-ring (bicyclic) bond motifs is 1. The van der Waals surface area contributed by atoms with Crippen LogP contribution in [-0.4, -0.2) is 28.6 Å². The van der Waals surface area contributed by atoms with Gasteiger partial charge >= 0.3 is 0 Å². The summed E-state index contributed by atoms with van der Waals surface area (Å²) >= 11 is 0. The molecule has 1 aliphatic rings. The zero-order valence-electron chi connectivity index (χ0n) is 12.5. The molecule has 1 heterocycles. The lowest BCUT2D eigenvalue weighted by molar-refractivity contribution is 0.574. The lowest BCUT2D eigenvalue weighted by Crippen LogP contribution is -2.13. The summed E-state index contributed by atoms with van der Waals surface area (Å²) in [5.74, 6) is 0.304. The Morgan fingerprint density at radius 1 is 1.04 bits per heavy atom. The molecule has 4 rings (SSSR count). The van der Waals surface area contributed by atoms with Crippen LogP contribution in [0.15, 0.2) is 42.5 Å². The molecule has 0 bridgehead atoms. The van der Waals surface area contributed by atoms with Gasteiger partial charge in [-0.05, 0) is 39.6 Å². The fraction of sp³-hybridized carbons (Fsp3) is 0.312. The van der Waals surface area contributed by atoms with E-state index in [1.807, 2.05) is 42.5 Å². The lowest BCUT2D eigenvalue weighted by Gasteiger charge is -2.08. The second kappa shape index (κ2) is 5.42. The number of nitrogens with zero attached hydrogens (tertiary/aromatic N) is 4. The van der Waals surface area contributed by atoms with Gasteiger partial charge in [-0.2, -0.15) is 0 Å². The van der Waals surface area contributed by atoms with Crippen LogP contribution in [0.3, 0.4) is 0 Å². The Bertz CT molecular complexity index is 956. The first-order chi connectivity index (χ1) is 11.1. The summed E-state index contributed by atoms with van der Waals surface area (Å²) in [7, 11) is -3.34. The predicted octanol–water partition coefficient (Wildman–Crippen LogP) is 2.28. The minimum atomic E-state index is -3.34. The first kappa shape index (κ1) is 14.3. The van der Waals surface area contributed by atoms with E-state index in [2.05, 4.69) is 15.5 Å². The molecule has 0 unspecified atom stereocenters. The molecule has 2 aromatic carbocycles. The van der Waals surface area contributed by atoms with Crippen LogP contribution < -0.4 is 0 Å². The van der Waals surface area contributed by atoms with Crippen molar-refractivity contribution in [2.45, 2.75) is 30.4 Å². The molecule has 1 aliphatic carbocycles. The average molecular weight is 328 g/mol. The highest BCUT2D eigenvalue weighted by Crippen LogP contribution is 2.34. The smallest absolute Gasteiger partial charge is 0.166 e. The Hall–Kier alpha value is -2.28. The molecule has 1 fully saturated rings. The van der Waals surface area contributed by atoms with Crippen molar-refractivity contribution in [1.82, 2.24) is 20.2 Å². The maximum atomic E-state index is 12.6. The van der Waals surface area contributed by atoms with Crippen LogP contribution in [0.4, 0.5) is 0 Å². The van der Waals surface area contributed by atoms with E-state index in [1.165, 1.54) is 0 Å². The highest BCUT2D eigenvalue weighted by atomic mass is 32.2. The van der Waals surface area contributed by atoms with E-state index in [9.17, 15) is 8.42 Å². The molecular weight excluding hydrogens is 312 g/mol. The molecule has 0 N–H and O–H groups in total. The summed E-state index contributed by atoms with van der Waals surface area (Å²) in [5.41, 5.74) is 0.813. The van der Waals surface area contributed by atoms with E-state index >= 15 is 0 Å². The van der Waals surface area contributed by atoms with Gasteiger partial charge in [-0.25, -0.2) is 13.1 Å². The lowest BCUT2D eigenvalue weighted by atomic mass is 10.1. The number of sulfone groups is 1. The van der Waals surface area contributed by atoms with Gasteiger partial charge in [0.15, 0.2) is 15.7 Å². The van der Waals surface area contributed by atoms with Gasteiger partial charge in [0.05, 0.1) is 11.8 Å². The van der Waals surface area contributed by atoms with Crippen LogP contribution in [0.1, 0.15) is 30.3 Å². The van der Waals surface area contributed by atoms with Crippen molar-refractivity contribution < 1.29 is 8.42 Å². The molecule has 1 saturated carbocycles. The first-order valence-electron chi connectivity index (χ1n) is 7.56. The molecule has 1 aromatic heterocycles. The molecule has 0 aliphatic heterocycles. The number of tetrazole rings is 1. The van der Waals surface area contributed by atoms with Gasteiger partial charge in [-0.1, -0.05) is 42.5 Å². The summed E-state index contributed by atoms with van der Waals surface area (Å²) in [6.45, 7) is 0. The summed E-state index contributed by atoms with van der Waals surface area (Å²) in [6, 6.07) is 13.8. The minimum Gasteiger partial charge on any atom is -0.228 e. The Morgan fingerprint density at radius 2 is 1.83 bits per heavy atom. The number of hydrogen-bond acceptors (Lipinski definition) is 5. The highest BCUT2D eigenvalue weighted by molar-refractivity contribution is 7.89. The SMILES string of the molecule is O=S(=O)(Cc1cccc2ccccc12)Cc1nnnn1C1CC1. The molecule has 0 radical (unpaired) electrons. The molecule has 23 heavy (non-hydrogen) atoms. The van der Waals surface area contributed by atoms with Gasteiger partial charge in [0.2, 0.25) is 0 Å². The number of hydrogen-bond donors (Lipinski definition) is 0. The van der Waals surface area contributed by atoms with Crippen LogP contribution in [0.2, 0.25) is 0 Å². The number of rotatable bonds is 5. The van der Waals surface area contributed by atoms with Crippen LogP contribution >= 0.6 is 0 Å². The molecule has 3 aromatic rings. The number of aromatic nitrogens is 4. The van der Waals surface area contributed by atoms with Gasteiger partial charge in [0.1, 0.15) is 5.75 Å². The Labute approximate surface area is 134 Å². The maximum absolute atomic E-state index is 12.6. The molecule has 0 saturated heterocycles. The van der Waals surface area contributed by atoms with Gasteiger partial charge < -0.3 is 0 Å². The third-order valence-electron chi connectivity index (χ3n) is 4.06. The van der Waals surface area contributed by atoms with Crippen molar-refractivity contribution in [3.8, 4) is 0 Å². The molecule has 0 atom stereocenters. The summed E-state index contributed by atoms with van der Waals surface area (Å²) in [6.07, 6.45) is 2.03. The fourth-order valence-electron chi connectivity index (χ4n) is 2.81. The van der Waals surface area contributed by atoms with Crippen molar-refractivity contribution in [3.63, 3.8) is 0 Å². The largest absolute Gasteiger partial charge is 0.228 e. The van der Waals surface area contributed by atoms with Crippen molar-refractivity contribution in [1.29, 1.82) is 0 Å². The van der Waals surface area contributed by atoms with Gasteiger partial charge in [0, 0.05) is 0 Å². The molecule has 6 nitrogen and oxygen atoms in total. The maximum Gasteiger partial charge on any atom is 0.166 e. The minimum absolute atomic E-state index is 0.00806. The van der Waals surface area contributed by atoms with Crippen molar-refractivity contribution in [2.75, 3.05) is 0 Å². The average Bonchev–Trinajstić information content (AvgIpc) is 3.27. The van der Waals surface area contributed by atoms with E-state index in [4.69, 9.17) is 0 Å². The van der Waals surface area contributed by atoms with E-state index in [0.29, 0.717) is 5.82 Å². The molecule has 0 spiro atoms. The van der Waals surface area contributed by atoms with Crippen molar-refractivity contribution >= 4 is 20.6 Å². The second-order valence-electron chi connectivity index (χ2n) is 5.94. The zero-order chi connectivity index (χ0) is 15.9. The fourth-order valence-corrected chi connectivity index (χ4v) is 4.22. The third kappa shape index (κ3) is 2.96. The van der Waals surface area contributed by atoms with E-state index in [1.54, 1.807) is 4.68 Å². The molecule has 7 heteroatoms. The van der Waals surface area contributed by atoms with E-state index in [0.717, 1.165) is 29.2 Å². The zero-order valence-corrected chi connectivity index (χ0v) is 13.3. The predicted molar refractivity (Wildman–Crippen MR) is 86.4 cm³/mol. The summed E-state index contributed by atoms with van der Waals surface area (Å²) in [5, 5.41) is 13.4. The topological polar surface area (TPSA) is 77.7 Å². The highest BCUT2D eigenvalue weighted by Gasteiger charge is 2.29.